The third-order valence-electron chi connectivity index (χ3n) is 2.55. The Labute approximate surface area is 110 Å². The highest BCUT2D eigenvalue weighted by molar-refractivity contribution is 7.13. The normalized spacial score (nSPS) is 10.6. The van der Waals surface area contributed by atoms with Crippen LogP contribution in [0.15, 0.2) is 15.9 Å². The summed E-state index contributed by atoms with van der Waals surface area (Å²) in [7, 11) is 1.39. The first kappa shape index (κ1) is 12.8. The van der Waals surface area contributed by atoms with Crippen molar-refractivity contribution in [3.8, 4) is 10.6 Å². The van der Waals surface area contributed by atoms with Gasteiger partial charge in [-0.2, -0.15) is 0 Å². The molecule has 96 valence electrons. The van der Waals surface area contributed by atoms with Gasteiger partial charge in [0.15, 0.2) is 5.89 Å². The molecule has 0 aliphatic rings. The van der Waals surface area contributed by atoms with E-state index in [4.69, 9.17) is 4.42 Å². The number of hydrogen-bond donors (Lipinski definition) is 0. The molecule has 2 aromatic rings. The standard InChI is InChI=1S/C13H15NO3S/c1-8-6-11(18-7-8)13-10(17-9(2)14-13)4-5-12(15)16-3/h6-7H,4-5H2,1-3H3. The van der Waals surface area contributed by atoms with Crippen molar-refractivity contribution in [1.82, 2.24) is 4.98 Å². The van der Waals surface area contributed by atoms with Crippen LogP contribution in [0, 0.1) is 13.8 Å². The molecule has 2 rings (SSSR count). The van der Waals surface area contributed by atoms with Gasteiger partial charge in [0.05, 0.1) is 18.4 Å². The molecule has 18 heavy (non-hydrogen) atoms. The lowest BCUT2D eigenvalue weighted by Crippen LogP contribution is -2.01. The van der Waals surface area contributed by atoms with E-state index in [1.807, 2.05) is 13.8 Å². The number of aryl methyl sites for hydroxylation is 3. The predicted molar refractivity (Wildman–Crippen MR) is 69.6 cm³/mol. The Balaban J connectivity index is 2.23. The Morgan fingerprint density at radius 1 is 1.50 bits per heavy atom. The van der Waals surface area contributed by atoms with Crippen LogP contribution in [0.3, 0.4) is 0 Å². The highest BCUT2D eigenvalue weighted by Gasteiger charge is 2.15. The number of esters is 1. The number of carbonyl (C=O) groups is 1. The summed E-state index contributed by atoms with van der Waals surface area (Å²) < 4.78 is 10.2. The molecule has 0 spiro atoms. The molecule has 5 heteroatoms. The Kier molecular flexibility index (Phi) is 3.81. The summed E-state index contributed by atoms with van der Waals surface area (Å²) in [5.41, 5.74) is 2.05. The van der Waals surface area contributed by atoms with Gasteiger partial charge < -0.3 is 9.15 Å². The van der Waals surface area contributed by atoms with Crippen molar-refractivity contribution in [1.29, 1.82) is 0 Å². The molecule has 0 bridgehead atoms. The number of thiophene rings is 1. The maximum atomic E-state index is 11.2. The number of aromatic nitrogens is 1. The molecule has 0 saturated carbocycles. The third kappa shape index (κ3) is 2.79. The van der Waals surface area contributed by atoms with E-state index in [0.717, 1.165) is 16.3 Å². The molecule has 0 unspecified atom stereocenters. The lowest BCUT2D eigenvalue weighted by Gasteiger charge is -1.98. The SMILES string of the molecule is COC(=O)CCc1oc(C)nc1-c1cc(C)cs1. The molecule has 0 amide bonds. The number of rotatable bonds is 4. The minimum absolute atomic E-state index is 0.239. The van der Waals surface area contributed by atoms with Crippen molar-refractivity contribution < 1.29 is 13.9 Å². The zero-order chi connectivity index (χ0) is 13.1. The summed E-state index contributed by atoms with van der Waals surface area (Å²) in [6.45, 7) is 3.85. The van der Waals surface area contributed by atoms with Crippen molar-refractivity contribution in [2.24, 2.45) is 0 Å². The van der Waals surface area contributed by atoms with Crippen molar-refractivity contribution >= 4 is 17.3 Å². The third-order valence-corrected chi connectivity index (χ3v) is 3.61. The molecule has 0 fully saturated rings. The fourth-order valence-electron chi connectivity index (χ4n) is 1.70. The van der Waals surface area contributed by atoms with Gasteiger partial charge in [-0.05, 0) is 23.9 Å². The summed E-state index contributed by atoms with van der Waals surface area (Å²) in [4.78, 5) is 16.6. The van der Waals surface area contributed by atoms with E-state index >= 15 is 0 Å². The van der Waals surface area contributed by atoms with E-state index in [1.54, 1.807) is 11.3 Å². The van der Waals surface area contributed by atoms with Crippen LogP contribution in [0.5, 0.6) is 0 Å². The van der Waals surface area contributed by atoms with Crippen LogP contribution in [0.25, 0.3) is 10.6 Å². The zero-order valence-electron chi connectivity index (χ0n) is 10.6. The lowest BCUT2D eigenvalue weighted by atomic mass is 10.2. The number of nitrogens with zero attached hydrogens (tertiary/aromatic N) is 1. The molecule has 4 nitrogen and oxygen atoms in total. The molecular formula is C13H15NO3S. The summed E-state index contributed by atoms with van der Waals surface area (Å²) in [6, 6.07) is 2.07. The van der Waals surface area contributed by atoms with E-state index in [-0.39, 0.29) is 5.97 Å². The quantitative estimate of drug-likeness (QED) is 0.797. The first-order chi connectivity index (χ1) is 8.60. The lowest BCUT2D eigenvalue weighted by molar-refractivity contribution is -0.140. The van der Waals surface area contributed by atoms with Crippen LogP contribution in [0.4, 0.5) is 0 Å². The largest absolute Gasteiger partial charge is 0.469 e. The van der Waals surface area contributed by atoms with E-state index < -0.39 is 0 Å². The average Bonchev–Trinajstić information content (AvgIpc) is 2.92. The van der Waals surface area contributed by atoms with Crippen LogP contribution >= 0.6 is 11.3 Å². The number of ether oxygens (including phenoxy) is 1. The maximum absolute atomic E-state index is 11.2. The van der Waals surface area contributed by atoms with Crippen LogP contribution in [0.1, 0.15) is 23.6 Å². The van der Waals surface area contributed by atoms with Gasteiger partial charge in [-0.15, -0.1) is 11.3 Å². The van der Waals surface area contributed by atoms with E-state index in [9.17, 15) is 4.79 Å². The number of methoxy groups -OCH3 is 1. The van der Waals surface area contributed by atoms with Gasteiger partial charge in [0.25, 0.3) is 0 Å². The number of carbonyl (C=O) groups excluding carboxylic acids is 1. The topological polar surface area (TPSA) is 52.3 Å². The van der Waals surface area contributed by atoms with E-state index in [2.05, 4.69) is 21.2 Å². The van der Waals surface area contributed by atoms with E-state index in [1.165, 1.54) is 12.7 Å². The average molecular weight is 265 g/mol. The maximum Gasteiger partial charge on any atom is 0.305 e. The highest BCUT2D eigenvalue weighted by atomic mass is 32.1. The summed E-state index contributed by atoms with van der Waals surface area (Å²) in [5, 5.41) is 2.07. The van der Waals surface area contributed by atoms with Gasteiger partial charge in [0, 0.05) is 13.3 Å². The minimum Gasteiger partial charge on any atom is -0.469 e. The van der Waals surface area contributed by atoms with Crippen LogP contribution in [0.2, 0.25) is 0 Å². The predicted octanol–water partition coefficient (Wildman–Crippen LogP) is 3.13. The first-order valence-corrected chi connectivity index (χ1v) is 6.56. The molecule has 0 aliphatic carbocycles. The fourth-order valence-corrected chi connectivity index (χ4v) is 2.61. The van der Waals surface area contributed by atoms with Crippen LogP contribution in [-0.2, 0) is 16.0 Å². The van der Waals surface area contributed by atoms with Crippen molar-refractivity contribution in [2.45, 2.75) is 26.7 Å². The van der Waals surface area contributed by atoms with Crippen molar-refractivity contribution in [3.05, 3.63) is 28.7 Å². The molecule has 0 aliphatic heterocycles. The van der Waals surface area contributed by atoms with Crippen molar-refractivity contribution in [3.63, 3.8) is 0 Å². The summed E-state index contributed by atoms with van der Waals surface area (Å²) in [6.07, 6.45) is 0.822. The minimum atomic E-state index is -0.239. The summed E-state index contributed by atoms with van der Waals surface area (Å²) >= 11 is 1.63. The highest BCUT2D eigenvalue weighted by Crippen LogP contribution is 2.30. The molecule has 0 atom stereocenters. The molecule has 0 radical (unpaired) electrons. The summed E-state index contributed by atoms with van der Waals surface area (Å²) in [5.74, 6) is 1.13. The second-order valence-electron chi connectivity index (χ2n) is 4.07. The van der Waals surface area contributed by atoms with Gasteiger partial charge in [0.1, 0.15) is 11.5 Å². The smallest absolute Gasteiger partial charge is 0.305 e. The Morgan fingerprint density at radius 3 is 2.89 bits per heavy atom. The zero-order valence-corrected chi connectivity index (χ0v) is 11.5. The first-order valence-electron chi connectivity index (χ1n) is 5.68. The second-order valence-corrected chi connectivity index (χ2v) is 4.98. The molecular weight excluding hydrogens is 250 g/mol. The Morgan fingerprint density at radius 2 is 2.28 bits per heavy atom. The number of oxazole rings is 1. The second kappa shape index (κ2) is 5.35. The Hall–Kier alpha value is -1.62. The van der Waals surface area contributed by atoms with Gasteiger partial charge in [-0.25, -0.2) is 4.98 Å². The van der Waals surface area contributed by atoms with Gasteiger partial charge in [0.2, 0.25) is 0 Å². The van der Waals surface area contributed by atoms with Gasteiger partial charge >= 0.3 is 5.97 Å². The molecule has 2 heterocycles. The van der Waals surface area contributed by atoms with Gasteiger partial charge in [-0.1, -0.05) is 0 Å². The fraction of sp³-hybridized carbons (Fsp3) is 0.385. The van der Waals surface area contributed by atoms with Gasteiger partial charge in [-0.3, -0.25) is 4.79 Å². The molecule has 0 N–H and O–H groups in total. The number of hydrogen-bond acceptors (Lipinski definition) is 5. The molecule has 0 aromatic carbocycles. The molecule has 0 saturated heterocycles. The van der Waals surface area contributed by atoms with Crippen molar-refractivity contribution in [2.75, 3.05) is 7.11 Å². The Bertz CT molecular complexity index is 556. The van der Waals surface area contributed by atoms with Crippen LogP contribution in [-0.4, -0.2) is 18.1 Å². The monoisotopic (exact) mass is 265 g/mol. The van der Waals surface area contributed by atoms with E-state index in [0.29, 0.717) is 18.7 Å². The van der Waals surface area contributed by atoms with Crippen LogP contribution < -0.4 is 0 Å². The molecule has 2 aromatic heterocycles.